The number of aromatic carboxylic acids is 1. The van der Waals surface area contributed by atoms with Crippen LogP contribution in [0, 0.1) is 0 Å². The van der Waals surface area contributed by atoms with E-state index in [0.29, 0.717) is 5.69 Å². The topological polar surface area (TPSA) is 85.8 Å². The van der Waals surface area contributed by atoms with Crippen LogP contribution in [0.25, 0.3) is 11.4 Å². The number of rotatable bonds is 3. The molecule has 0 saturated heterocycles. The van der Waals surface area contributed by atoms with Crippen molar-refractivity contribution in [3.8, 4) is 11.4 Å². The zero-order valence-corrected chi connectivity index (χ0v) is 10.7. The van der Waals surface area contributed by atoms with E-state index in [1.807, 2.05) is 7.05 Å². The zero-order valence-electron chi connectivity index (χ0n) is 10.7. The van der Waals surface area contributed by atoms with Crippen molar-refractivity contribution in [2.24, 2.45) is 7.05 Å². The molecule has 0 aromatic carbocycles. The first-order valence-electron chi connectivity index (χ1n) is 6.33. The molecule has 0 atom stereocenters. The van der Waals surface area contributed by atoms with Crippen LogP contribution in [0.1, 0.15) is 42.2 Å². The van der Waals surface area contributed by atoms with Gasteiger partial charge in [-0.15, -0.1) is 5.10 Å². The average Bonchev–Trinajstić information content (AvgIpc) is 3.06. The quantitative estimate of drug-likeness (QED) is 0.904. The molecule has 1 fully saturated rings. The van der Waals surface area contributed by atoms with Gasteiger partial charge in [0.05, 0.1) is 24.3 Å². The van der Waals surface area contributed by atoms with E-state index in [9.17, 15) is 9.90 Å². The summed E-state index contributed by atoms with van der Waals surface area (Å²) < 4.78 is 3.55. The molecule has 0 spiro atoms. The number of imidazole rings is 1. The van der Waals surface area contributed by atoms with E-state index in [2.05, 4.69) is 15.3 Å². The first kappa shape index (κ1) is 11.9. The van der Waals surface area contributed by atoms with Crippen molar-refractivity contribution in [3.63, 3.8) is 0 Å². The Hall–Kier alpha value is -2.18. The Morgan fingerprint density at radius 1 is 1.42 bits per heavy atom. The smallest absolute Gasteiger partial charge is 0.358 e. The number of carboxylic acid groups (broad SMARTS) is 1. The van der Waals surface area contributed by atoms with Crippen molar-refractivity contribution in [2.75, 3.05) is 0 Å². The molecule has 1 aliphatic carbocycles. The van der Waals surface area contributed by atoms with Crippen LogP contribution < -0.4 is 0 Å². The van der Waals surface area contributed by atoms with Crippen LogP contribution >= 0.6 is 0 Å². The summed E-state index contributed by atoms with van der Waals surface area (Å²) in [5.41, 5.74) is 1.28. The van der Waals surface area contributed by atoms with Crippen molar-refractivity contribution >= 4 is 5.97 Å². The highest BCUT2D eigenvalue weighted by Crippen LogP contribution is 2.33. The molecule has 1 aliphatic rings. The number of hydrogen-bond donors (Lipinski definition) is 1. The maximum Gasteiger partial charge on any atom is 0.358 e. The molecule has 7 nitrogen and oxygen atoms in total. The molecule has 19 heavy (non-hydrogen) atoms. The lowest BCUT2D eigenvalue weighted by Crippen LogP contribution is -2.11. The van der Waals surface area contributed by atoms with Gasteiger partial charge in [0, 0.05) is 7.05 Å². The van der Waals surface area contributed by atoms with Crippen molar-refractivity contribution in [1.29, 1.82) is 0 Å². The SMILES string of the molecule is Cn1cncc1-c1c(C(=O)O)nnn1C1CCCC1. The molecular formula is C12H15N5O2. The number of aromatic nitrogens is 5. The number of nitrogens with zero attached hydrogens (tertiary/aromatic N) is 5. The first-order valence-corrected chi connectivity index (χ1v) is 6.33. The molecule has 0 unspecified atom stereocenters. The number of carboxylic acids is 1. The van der Waals surface area contributed by atoms with Crippen molar-refractivity contribution in [3.05, 3.63) is 18.2 Å². The van der Waals surface area contributed by atoms with Crippen LogP contribution in [-0.2, 0) is 7.05 Å². The van der Waals surface area contributed by atoms with Crippen LogP contribution in [0.5, 0.6) is 0 Å². The molecular weight excluding hydrogens is 246 g/mol. The van der Waals surface area contributed by atoms with Crippen LogP contribution in [0.4, 0.5) is 0 Å². The summed E-state index contributed by atoms with van der Waals surface area (Å²) >= 11 is 0. The van der Waals surface area contributed by atoms with Gasteiger partial charge in [0.1, 0.15) is 5.69 Å². The molecule has 2 aromatic rings. The molecule has 2 aromatic heterocycles. The largest absolute Gasteiger partial charge is 0.476 e. The van der Waals surface area contributed by atoms with Gasteiger partial charge >= 0.3 is 5.97 Å². The Morgan fingerprint density at radius 3 is 2.74 bits per heavy atom. The molecule has 100 valence electrons. The fraction of sp³-hybridized carbons (Fsp3) is 0.500. The standard InChI is InChI=1S/C12H15N5O2/c1-16-7-13-6-9(16)11-10(12(18)19)14-15-17(11)8-4-2-3-5-8/h6-8H,2-5H2,1H3,(H,18,19). The number of hydrogen-bond acceptors (Lipinski definition) is 4. The van der Waals surface area contributed by atoms with E-state index in [1.54, 1.807) is 21.8 Å². The van der Waals surface area contributed by atoms with E-state index in [4.69, 9.17) is 0 Å². The predicted octanol–water partition coefficient (Wildman–Crippen LogP) is 1.49. The Morgan fingerprint density at radius 2 is 2.16 bits per heavy atom. The second kappa shape index (κ2) is 4.49. The van der Waals surface area contributed by atoms with Crippen molar-refractivity contribution in [2.45, 2.75) is 31.7 Å². The molecule has 7 heteroatoms. The lowest BCUT2D eigenvalue weighted by atomic mass is 10.2. The molecule has 0 aliphatic heterocycles. The summed E-state index contributed by atoms with van der Waals surface area (Å²) in [6, 6.07) is 0.241. The highest BCUT2D eigenvalue weighted by molar-refractivity contribution is 5.92. The third-order valence-electron chi connectivity index (χ3n) is 3.63. The second-order valence-electron chi connectivity index (χ2n) is 4.86. The molecule has 3 rings (SSSR count). The van der Waals surface area contributed by atoms with Gasteiger partial charge in [0.15, 0.2) is 5.69 Å². The lowest BCUT2D eigenvalue weighted by molar-refractivity contribution is 0.0691. The van der Waals surface area contributed by atoms with Gasteiger partial charge in [-0.25, -0.2) is 14.5 Å². The average molecular weight is 261 g/mol. The Balaban J connectivity index is 2.15. The third kappa shape index (κ3) is 1.91. The summed E-state index contributed by atoms with van der Waals surface area (Å²) in [6.45, 7) is 0. The van der Waals surface area contributed by atoms with Crippen molar-refractivity contribution in [1.82, 2.24) is 24.5 Å². The molecule has 0 radical (unpaired) electrons. The molecule has 1 N–H and O–H groups in total. The van der Waals surface area contributed by atoms with Crippen LogP contribution in [0.3, 0.4) is 0 Å². The summed E-state index contributed by atoms with van der Waals surface area (Å²) in [7, 11) is 1.83. The summed E-state index contributed by atoms with van der Waals surface area (Å²) in [6.07, 6.45) is 7.64. The summed E-state index contributed by atoms with van der Waals surface area (Å²) in [5.74, 6) is -1.06. The fourth-order valence-electron chi connectivity index (χ4n) is 2.67. The Labute approximate surface area is 109 Å². The van der Waals surface area contributed by atoms with Gasteiger partial charge < -0.3 is 9.67 Å². The highest BCUT2D eigenvalue weighted by atomic mass is 16.4. The monoisotopic (exact) mass is 261 g/mol. The van der Waals surface area contributed by atoms with Gasteiger partial charge in [-0.1, -0.05) is 18.1 Å². The van der Waals surface area contributed by atoms with E-state index in [1.165, 1.54) is 0 Å². The van der Waals surface area contributed by atoms with E-state index >= 15 is 0 Å². The van der Waals surface area contributed by atoms with Gasteiger partial charge in [-0.05, 0) is 12.8 Å². The van der Waals surface area contributed by atoms with Crippen LogP contribution in [0.2, 0.25) is 0 Å². The Kier molecular flexibility index (Phi) is 2.81. The van der Waals surface area contributed by atoms with E-state index in [-0.39, 0.29) is 11.7 Å². The summed E-state index contributed by atoms with van der Waals surface area (Å²) in [5, 5.41) is 17.2. The van der Waals surface area contributed by atoms with Crippen molar-refractivity contribution < 1.29 is 9.90 Å². The van der Waals surface area contributed by atoms with Gasteiger partial charge in [0.25, 0.3) is 0 Å². The summed E-state index contributed by atoms with van der Waals surface area (Å²) in [4.78, 5) is 15.4. The minimum absolute atomic E-state index is 0.00417. The van der Waals surface area contributed by atoms with Gasteiger partial charge in [-0.2, -0.15) is 0 Å². The van der Waals surface area contributed by atoms with E-state index in [0.717, 1.165) is 31.4 Å². The van der Waals surface area contributed by atoms with Gasteiger partial charge in [-0.3, -0.25) is 0 Å². The van der Waals surface area contributed by atoms with Crippen LogP contribution in [-0.4, -0.2) is 35.6 Å². The highest BCUT2D eigenvalue weighted by Gasteiger charge is 2.28. The predicted molar refractivity (Wildman–Crippen MR) is 66.7 cm³/mol. The van der Waals surface area contributed by atoms with E-state index < -0.39 is 5.97 Å². The first-order chi connectivity index (χ1) is 9.18. The zero-order chi connectivity index (χ0) is 13.4. The maximum atomic E-state index is 11.3. The maximum absolute atomic E-state index is 11.3. The third-order valence-corrected chi connectivity index (χ3v) is 3.63. The Bertz CT molecular complexity index is 609. The number of carbonyl (C=O) groups is 1. The molecule has 2 heterocycles. The van der Waals surface area contributed by atoms with Gasteiger partial charge in [0.2, 0.25) is 0 Å². The normalized spacial score (nSPS) is 16.1. The molecule has 0 amide bonds. The fourth-order valence-corrected chi connectivity index (χ4v) is 2.67. The number of aryl methyl sites for hydroxylation is 1. The lowest BCUT2D eigenvalue weighted by Gasteiger charge is -2.13. The molecule has 1 saturated carbocycles. The minimum atomic E-state index is -1.06. The molecule has 0 bridgehead atoms. The minimum Gasteiger partial charge on any atom is -0.476 e. The second-order valence-corrected chi connectivity index (χ2v) is 4.86. The van der Waals surface area contributed by atoms with Crippen LogP contribution in [0.15, 0.2) is 12.5 Å².